The summed E-state index contributed by atoms with van der Waals surface area (Å²) < 4.78 is 0. The Hall–Kier alpha value is -0.860. The Kier molecular flexibility index (Phi) is 3.67. The van der Waals surface area contributed by atoms with Gasteiger partial charge in [-0.2, -0.15) is 0 Å². The molecular weight excluding hydrogens is 178 g/mol. The molecule has 0 N–H and O–H groups in total. The van der Waals surface area contributed by atoms with Gasteiger partial charge in [0, 0.05) is 19.5 Å². The van der Waals surface area contributed by atoms with Crippen LogP contribution in [0.4, 0.5) is 0 Å². The molecule has 1 rings (SSSR count). The second kappa shape index (κ2) is 4.58. The summed E-state index contributed by atoms with van der Waals surface area (Å²) >= 11 is 0. The van der Waals surface area contributed by atoms with Crippen molar-refractivity contribution in [1.29, 1.82) is 0 Å². The van der Waals surface area contributed by atoms with Crippen LogP contribution in [0.2, 0.25) is 0 Å². The number of ketones is 1. The summed E-state index contributed by atoms with van der Waals surface area (Å²) in [5, 5.41) is 0. The number of likely N-dealkylation sites (tertiary alicyclic amines) is 1. The molecule has 1 aliphatic heterocycles. The Balaban J connectivity index is 2.45. The molecule has 0 radical (unpaired) electrons. The van der Waals surface area contributed by atoms with E-state index in [1.54, 1.807) is 0 Å². The van der Waals surface area contributed by atoms with Gasteiger partial charge in [0.1, 0.15) is 5.78 Å². The molecule has 0 spiro atoms. The van der Waals surface area contributed by atoms with Gasteiger partial charge < -0.3 is 4.90 Å². The van der Waals surface area contributed by atoms with E-state index in [0.717, 1.165) is 6.54 Å². The van der Waals surface area contributed by atoms with Crippen molar-refractivity contribution in [1.82, 2.24) is 4.90 Å². The van der Waals surface area contributed by atoms with E-state index in [2.05, 4.69) is 20.8 Å². The molecule has 0 aromatic rings. The minimum absolute atomic E-state index is 0.00810. The maximum Gasteiger partial charge on any atom is 0.230 e. The van der Waals surface area contributed by atoms with Gasteiger partial charge in [-0.1, -0.05) is 20.8 Å². The first-order chi connectivity index (χ1) is 6.50. The van der Waals surface area contributed by atoms with Crippen LogP contribution in [0.25, 0.3) is 0 Å². The summed E-state index contributed by atoms with van der Waals surface area (Å²) in [6, 6.07) is 0. The van der Waals surface area contributed by atoms with Gasteiger partial charge in [-0.05, 0) is 11.8 Å². The van der Waals surface area contributed by atoms with Crippen molar-refractivity contribution >= 4 is 11.7 Å². The SMILES string of the molecule is CC(C)C(C)CN1CCC(=O)CC1=O. The number of carbonyl (C=O) groups is 2. The van der Waals surface area contributed by atoms with E-state index in [9.17, 15) is 9.59 Å². The fourth-order valence-corrected chi connectivity index (χ4v) is 1.50. The van der Waals surface area contributed by atoms with Gasteiger partial charge >= 0.3 is 0 Å². The summed E-state index contributed by atoms with van der Waals surface area (Å²) in [6.07, 6.45) is 0.654. The van der Waals surface area contributed by atoms with Gasteiger partial charge in [0.15, 0.2) is 0 Å². The molecule has 3 heteroatoms. The molecule has 1 fully saturated rings. The minimum atomic E-state index is 0.00810. The number of hydrogen-bond donors (Lipinski definition) is 0. The van der Waals surface area contributed by atoms with E-state index in [4.69, 9.17) is 0 Å². The maximum absolute atomic E-state index is 11.5. The Morgan fingerprint density at radius 3 is 2.43 bits per heavy atom. The summed E-state index contributed by atoms with van der Waals surface area (Å²) in [7, 11) is 0. The van der Waals surface area contributed by atoms with Gasteiger partial charge in [-0.15, -0.1) is 0 Å². The molecular formula is C11H19NO2. The van der Waals surface area contributed by atoms with Gasteiger partial charge in [0.05, 0.1) is 6.42 Å². The molecule has 80 valence electrons. The first kappa shape index (κ1) is 11.2. The zero-order chi connectivity index (χ0) is 10.7. The molecule has 3 nitrogen and oxygen atoms in total. The average Bonchev–Trinajstić information content (AvgIpc) is 2.09. The lowest BCUT2D eigenvalue weighted by molar-refractivity contribution is -0.140. The maximum atomic E-state index is 11.5. The molecule has 1 aliphatic rings. The highest BCUT2D eigenvalue weighted by molar-refractivity contribution is 6.00. The van der Waals surface area contributed by atoms with Crippen molar-refractivity contribution in [2.75, 3.05) is 13.1 Å². The molecule has 1 saturated heterocycles. The van der Waals surface area contributed by atoms with Gasteiger partial charge in [-0.25, -0.2) is 0 Å². The van der Waals surface area contributed by atoms with E-state index in [1.807, 2.05) is 4.90 Å². The third kappa shape index (κ3) is 2.82. The van der Waals surface area contributed by atoms with Crippen LogP contribution in [0, 0.1) is 11.8 Å². The zero-order valence-electron chi connectivity index (χ0n) is 9.25. The van der Waals surface area contributed by atoms with Crippen LogP contribution >= 0.6 is 0 Å². The second-order valence-corrected chi connectivity index (χ2v) is 4.53. The summed E-state index contributed by atoms with van der Waals surface area (Å²) in [5.74, 6) is 1.18. The van der Waals surface area contributed by atoms with Crippen molar-refractivity contribution in [3.63, 3.8) is 0 Å². The largest absolute Gasteiger partial charge is 0.342 e. The van der Waals surface area contributed by atoms with Crippen LogP contribution in [0.15, 0.2) is 0 Å². The van der Waals surface area contributed by atoms with Gasteiger partial charge in [0.25, 0.3) is 0 Å². The number of Topliss-reactive ketones (excluding diaryl/α,β-unsaturated/α-hetero) is 1. The van der Waals surface area contributed by atoms with E-state index >= 15 is 0 Å². The van der Waals surface area contributed by atoms with Crippen LogP contribution in [-0.4, -0.2) is 29.7 Å². The first-order valence-electron chi connectivity index (χ1n) is 5.30. The molecule has 1 unspecified atom stereocenters. The Labute approximate surface area is 85.5 Å². The molecule has 1 heterocycles. The highest BCUT2D eigenvalue weighted by atomic mass is 16.2. The van der Waals surface area contributed by atoms with Crippen LogP contribution in [-0.2, 0) is 9.59 Å². The topological polar surface area (TPSA) is 37.4 Å². The molecule has 1 atom stereocenters. The molecule has 0 aliphatic carbocycles. The number of carbonyl (C=O) groups excluding carboxylic acids is 2. The summed E-state index contributed by atoms with van der Waals surface area (Å²) in [5.41, 5.74) is 0. The van der Waals surface area contributed by atoms with Crippen molar-refractivity contribution < 1.29 is 9.59 Å². The van der Waals surface area contributed by atoms with E-state index in [-0.39, 0.29) is 18.1 Å². The Morgan fingerprint density at radius 2 is 1.93 bits per heavy atom. The smallest absolute Gasteiger partial charge is 0.230 e. The number of hydrogen-bond acceptors (Lipinski definition) is 2. The quantitative estimate of drug-likeness (QED) is 0.642. The molecule has 0 saturated carbocycles. The van der Waals surface area contributed by atoms with Crippen molar-refractivity contribution in [2.45, 2.75) is 33.6 Å². The highest BCUT2D eigenvalue weighted by Crippen LogP contribution is 2.15. The normalized spacial score (nSPS) is 20.4. The van der Waals surface area contributed by atoms with E-state index in [1.165, 1.54) is 0 Å². The fourth-order valence-electron chi connectivity index (χ4n) is 1.50. The fraction of sp³-hybridized carbons (Fsp3) is 0.818. The van der Waals surface area contributed by atoms with Crippen LogP contribution < -0.4 is 0 Å². The highest BCUT2D eigenvalue weighted by Gasteiger charge is 2.25. The molecule has 14 heavy (non-hydrogen) atoms. The second-order valence-electron chi connectivity index (χ2n) is 4.53. The third-order valence-electron chi connectivity index (χ3n) is 3.01. The number of amides is 1. The van der Waals surface area contributed by atoms with Crippen molar-refractivity contribution in [2.24, 2.45) is 11.8 Å². The van der Waals surface area contributed by atoms with E-state index < -0.39 is 0 Å². The Morgan fingerprint density at radius 1 is 1.29 bits per heavy atom. The summed E-state index contributed by atoms with van der Waals surface area (Å²) in [6.45, 7) is 7.88. The molecule has 1 amide bonds. The van der Waals surface area contributed by atoms with Crippen LogP contribution in [0.3, 0.4) is 0 Å². The lowest BCUT2D eigenvalue weighted by atomic mass is 9.96. The van der Waals surface area contributed by atoms with Crippen LogP contribution in [0.5, 0.6) is 0 Å². The zero-order valence-corrected chi connectivity index (χ0v) is 9.25. The molecule has 0 bridgehead atoms. The predicted octanol–water partition coefficient (Wildman–Crippen LogP) is 1.47. The van der Waals surface area contributed by atoms with Crippen LogP contribution in [0.1, 0.15) is 33.6 Å². The minimum Gasteiger partial charge on any atom is -0.342 e. The molecule has 0 aromatic carbocycles. The van der Waals surface area contributed by atoms with Crippen molar-refractivity contribution in [3.8, 4) is 0 Å². The van der Waals surface area contributed by atoms with Gasteiger partial charge in [0.2, 0.25) is 5.91 Å². The van der Waals surface area contributed by atoms with E-state index in [0.29, 0.717) is 24.8 Å². The number of nitrogens with zero attached hydrogens (tertiary/aromatic N) is 1. The average molecular weight is 197 g/mol. The lowest BCUT2D eigenvalue weighted by Crippen LogP contribution is -2.42. The first-order valence-corrected chi connectivity index (χ1v) is 5.30. The third-order valence-corrected chi connectivity index (χ3v) is 3.01. The number of piperidine rings is 1. The monoisotopic (exact) mass is 197 g/mol. The lowest BCUT2D eigenvalue weighted by Gasteiger charge is -2.30. The number of rotatable bonds is 3. The Bertz CT molecular complexity index is 235. The standard InChI is InChI=1S/C11H19NO2/c1-8(2)9(3)7-12-5-4-10(13)6-11(12)14/h8-9H,4-7H2,1-3H3. The predicted molar refractivity (Wildman–Crippen MR) is 54.8 cm³/mol. The van der Waals surface area contributed by atoms with Crippen molar-refractivity contribution in [3.05, 3.63) is 0 Å². The van der Waals surface area contributed by atoms with Gasteiger partial charge in [-0.3, -0.25) is 9.59 Å². The molecule has 0 aromatic heterocycles. The summed E-state index contributed by atoms with van der Waals surface area (Å²) in [4.78, 5) is 24.3.